The van der Waals surface area contributed by atoms with Crippen molar-refractivity contribution in [3.8, 4) is 0 Å². The van der Waals surface area contributed by atoms with Crippen LogP contribution >= 0.6 is 11.3 Å². The summed E-state index contributed by atoms with van der Waals surface area (Å²) in [5.74, 6) is -0.920. The summed E-state index contributed by atoms with van der Waals surface area (Å²) >= 11 is 1.23. The Morgan fingerprint density at radius 2 is 2.16 bits per heavy atom. The molecule has 0 bridgehead atoms. The maximum atomic E-state index is 13.2. The number of morpholine rings is 1. The number of carbonyl (C=O) groups excluding carboxylic acids is 2. The number of thiophene rings is 1. The van der Waals surface area contributed by atoms with Gasteiger partial charge in [0.05, 0.1) is 22.6 Å². The second-order valence-electron chi connectivity index (χ2n) is 6.02. The normalized spacial score (nSPS) is 17.4. The number of hydrogen-bond donors (Lipinski definition) is 1. The molecule has 1 fully saturated rings. The maximum absolute atomic E-state index is 13.2. The van der Waals surface area contributed by atoms with E-state index in [-0.39, 0.29) is 17.6 Å². The second kappa shape index (κ2) is 7.33. The fraction of sp³-hybridized carbons (Fsp3) is 0.333. The molecule has 0 aliphatic carbocycles. The molecule has 0 radical (unpaired) electrons. The minimum Gasteiger partial charge on any atom is -0.375 e. The number of hydrogen-bond acceptors (Lipinski definition) is 4. The van der Waals surface area contributed by atoms with E-state index >= 15 is 0 Å². The summed E-state index contributed by atoms with van der Waals surface area (Å²) in [6, 6.07) is 7.25. The van der Waals surface area contributed by atoms with E-state index in [4.69, 9.17) is 4.74 Å². The number of nitrogens with zero attached hydrogens (tertiary/aromatic N) is 1. The van der Waals surface area contributed by atoms with Crippen LogP contribution < -0.4 is 5.32 Å². The molecule has 0 saturated carbocycles. The summed E-state index contributed by atoms with van der Waals surface area (Å²) in [6.07, 6.45) is 0.0186. The van der Waals surface area contributed by atoms with E-state index in [1.165, 1.54) is 29.5 Å². The smallest absolute Gasteiger partial charge is 0.264 e. The Hall–Kier alpha value is -2.25. The van der Waals surface area contributed by atoms with E-state index in [9.17, 15) is 14.0 Å². The Kier molecular flexibility index (Phi) is 5.15. The standard InChI is InChI=1S/C18H19FN2O3S/c1-11-8-15(20-17(22)13-4-3-5-14(19)9-13)25-16(11)18(23)21-6-7-24-12(2)10-21/h3-5,8-9,12H,6-7,10H2,1-2H3,(H,20,22)/t12-/m1/s1. The third-order valence-electron chi connectivity index (χ3n) is 3.96. The first-order valence-corrected chi connectivity index (χ1v) is 8.84. The van der Waals surface area contributed by atoms with E-state index in [2.05, 4.69) is 5.32 Å². The minimum absolute atomic E-state index is 0.0186. The summed E-state index contributed by atoms with van der Waals surface area (Å²) < 4.78 is 18.7. The molecule has 5 nitrogen and oxygen atoms in total. The van der Waals surface area contributed by atoms with Crippen molar-refractivity contribution >= 4 is 28.2 Å². The van der Waals surface area contributed by atoms with Gasteiger partial charge in [-0.15, -0.1) is 11.3 Å². The van der Waals surface area contributed by atoms with Crippen LogP contribution in [0.2, 0.25) is 0 Å². The average molecular weight is 362 g/mol. The molecular weight excluding hydrogens is 343 g/mol. The lowest BCUT2D eigenvalue weighted by Crippen LogP contribution is -2.44. The summed E-state index contributed by atoms with van der Waals surface area (Å²) in [7, 11) is 0. The number of carbonyl (C=O) groups is 2. The lowest BCUT2D eigenvalue weighted by molar-refractivity contribution is -0.0122. The lowest BCUT2D eigenvalue weighted by atomic mass is 10.2. The van der Waals surface area contributed by atoms with E-state index < -0.39 is 11.7 Å². The van der Waals surface area contributed by atoms with Gasteiger partial charge in [0.2, 0.25) is 0 Å². The fourth-order valence-corrected chi connectivity index (χ4v) is 3.75. The zero-order chi connectivity index (χ0) is 18.0. The molecule has 2 aromatic rings. The third-order valence-corrected chi connectivity index (χ3v) is 5.10. The Morgan fingerprint density at radius 1 is 1.36 bits per heavy atom. The Bertz CT molecular complexity index is 805. The number of benzene rings is 1. The average Bonchev–Trinajstić information content (AvgIpc) is 2.94. The first kappa shape index (κ1) is 17.6. The largest absolute Gasteiger partial charge is 0.375 e. The summed E-state index contributed by atoms with van der Waals surface area (Å²) in [4.78, 5) is 27.3. The van der Waals surface area contributed by atoms with Gasteiger partial charge in [-0.05, 0) is 43.7 Å². The molecule has 2 heterocycles. The van der Waals surface area contributed by atoms with E-state index in [0.29, 0.717) is 29.6 Å². The summed E-state index contributed by atoms with van der Waals surface area (Å²) in [6.45, 7) is 5.42. The van der Waals surface area contributed by atoms with Crippen molar-refractivity contribution < 1.29 is 18.7 Å². The predicted molar refractivity (Wildman–Crippen MR) is 94.7 cm³/mol. The third kappa shape index (κ3) is 4.05. The number of nitrogens with one attached hydrogen (secondary N) is 1. The monoisotopic (exact) mass is 362 g/mol. The van der Waals surface area contributed by atoms with Crippen LogP contribution in [0.5, 0.6) is 0 Å². The van der Waals surface area contributed by atoms with Crippen LogP contribution in [0.1, 0.15) is 32.5 Å². The highest BCUT2D eigenvalue weighted by molar-refractivity contribution is 7.18. The minimum atomic E-state index is -0.465. The van der Waals surface area contributed by atoms with Crippen molar-refractivity contribution in [2.45, 2.75) is 20.0 Å². The number of anilines is 1. The highest BCUT2D eigenvalue weighted by Gasteiger charge is 2.25. The Balaban J connectivity index is 1.73. The van der Waals surface area contributed by atoms with Crippen LogP contribution in [-0.4, -0.2) is 42.5 Å². The van der Waals surface area contributed by atoms with Crippen LogP contribution in [0.4, 0.5) is 9.39 Å². The van der Waals surface area contributed by atoms with Crippen molar-refractivity contribution in [1.29, 1.82) is 0 Å². The molecule has 132 valence electrons. The van der Waals surface area contributed by atoms with Gasteiger partial charge in [-0.3, -0.25) is 9.59 Å². The predicted octanol–water partition coefficient (Wildman–Crippen LogP) is 3.31. The molecular formula is C18H19FN2O3S. The van der Waals surface area contributed by atoms with Gasteiger partial charge >= 0.3 is 0 Å². The molecule has 1 aromatic heterocycles. The van der Waals surface area contributed by atoms with Crippen molar-refractivity contribution in [3.63, 3.8) is 0 Å². The van der Waals surface area contributed by atoms with Crippen molar-refractivity contribution in [3.05, 3.63) is 52.2 Å². The molecule has 25 heavy (non-hydrogen) atoms. The molecule has 7 heteroatoms. The van der Waals surface area contributed by atoms with Gasteiger partial charge in [0.15, 0.2) is 0 Å². The molecule has 1 aliphatic heterocycles. The van der Waals surface area contributed by atoms with Crippen LogP contribution in [-0.2, 0) is 4.74 Å². The van der Waals surface area contributed by atoms with Gasteiger partial charge in [-0.25, -0.2) is 4.39 Å². The first-order chi connectivity index (χ1) is 11.9. The molecule has 1 atom stereocenters. The summed E-state index contributed by atoms with van der Waals surface area (Å²) in [5, 5.41) is 3.30. The SMILES string of the molecule is Cc1cc(NC(=O)c2cccc(F)c2)sc1C(=O)N1CCO[C@H](C)C1. The lowest BCUT2D eigenvalue weighted by Gasteiger charge is -2.31. The van der Waals surface area contributed by atoms with Crippen LogP contribution in [0, 0.1) is 12.7 Å². The highest BCUT2D eigenvalue weighted by Crippen LogP contribution is 2.29. The molecule has 2 amide bonds. The van der Waals surface area contributed by atoms with Gasteiger partial charge in [-0.1, -0.05) is 6.07 Å². The van der Waals surface area contributed by atoms with E-state index in [1.807, 2.05) is 13.8 Å². The van der Waals surface area contributed by atoms with E-state index in [0.717, 1.165) is 5.56 Å². The second-order valence-corrected chi connectivity index (χ2v) is 7.07. The molecule has 1 N–H and O–H groups in total. The van der Waals surface area contributed by atoms with Gasteiger partial charge in [-0.2, -0.15) is 0 Å². The van der Waals surface area contributed by atoms with Crippen molar-refractivity contribution in [2.24, 2.45) is 0 Å². The highest BCUT2D eigenvalue weighted by atomic mass is 32.1. The van der Waals surface area contributed by atoms with Gasteiger partial charge in [0, 0.05) is 18.7 Å². The van der Waals surface area contributed by atoms with Gasteiger partial charge in [0.25, 0.3) is 11.8 Å². The Morgan fingerprint density at radius 3 is 2.88 bits per heavy atom. The number of rotatable bonds is 3. The molecule has 1 saturated heterocycles. The number of halogens is 1. The number of aryl methyl sites for hydroxylation is 1. The molecule has 0 spiro atoms. The molecule has 1 aliphatic rings. The van der Waals surface area contributed by atoms with Gasteiger partial charge in [0.1, 0.15) is 5.82 Å². The Labute approximate surface area is 149 Å². The zero-order valence-corrected chi connectivity index (χ0v) is 14.9. The van der Waals surface area contributed by atoms with Crippen LogP contribution in [0.25, 0.3) is 0 Å². The first-order valence-electron chi connectivity index (χ1n) is 8.02. The maximum Gasteiger partial charge on any atom is 0.264 e. The summed E-state index contributed by atoms with van der Waals surface area (Å²) in [5.41, 5.74) is 1.05. The van der Waals surface area contributed by atoms with Crippen LogP contribution in [0.3, 0.4) is 0 Å². The van der Waals surface area contributed by atoms with E-state index in [1.54, 1.807) is 17.0 Å². The molecule has 3 rings (SSSR count). The zero-order valence-electron chi connectivity index (χ0n) is 14.0. The fourth-order valence-electron chi connectivity index (χ4n) is 2.72. The number of ether oxygens (including phenoxy) is 1. The quantitative estimate of drug-likeness (QED) is 0.911. The topological polar surface area (TPSA) is 58.6 Å². The molecule has 1 aromatic carbocycles. The van der Waals surface area contributed by atoms with Crippen molar-refractivity contribution in [2.75, 3.05) is 25.0 Å². The van der Waals surface area contributed by atoms with Crippen molar-refractivity contribution in [1.82, 2.24) is 4.90 Å². The number of amides is 2. The van der Waals surface area contributed by atoms with Gasteiger partial charge < -0.3 is 15.0 Å². The van der Waals surface area contributed by atoms with Crippen LogP contribution in [0.15, 0.2) is 30.3 Å². The molecule has 0 unspecified atom stereocenters.